The SMILES string of the molecule is CCCCCc1cc2c(CCCCCNC(=O)OCc3ccc(NC(=O)[C@H](C)NC(=O)[C@@H](NC(=O)CCCCC(=O)ON4C(=O)CCC4=O)C(C)C)cc3)cccc2nc1N. The lowest BCUT2D eigenvalue weighted by molar-refractivity contribution is -0.197. The van der Waals surface area contributed by atoms with Crippen LogP contribution in [0.15, 0.2) is 48.5 Å². The second-order valence-electron chi connectivity index (χ2n) is 15.7. The van der Waals surface area contributed by atoms with Gasteiger partial charge in [0.1, 0.15) is 24.5 Å². The Labute approximate surface area is 357 Å². The van der Waals surface area contributed by atoms with Crippen LogP contribution in [0, 0.1) is 5.92 Å². The van der Waals surface area contributed by atoms with Crippen LogP contribution in [-0.4, -0.2) is 70.3 Å². The number of benzene rings is 2. The van der Waals surface area contributed by atoms with E-state index < -0.39 is 53.7 Å². The number of rotatable bonds is 24. The average Bonchev–Trinajstić information content (AvgIpc) is 3.54. The number of nitrogen functional groups attached to an aromatic ring is 1. The lowest BCUT2D eigenvalue weighted by Crippen LogP contribution is -2.53. The molecular weight excluding hydrogens is 783 g/mol. The van der Waals surface area contributed by atoms with E-state index in [1.807, 2.05) is 12.1 Å². The predicted molar refractivity (Wildman–Crippen MR) is 230 cm³/mol. The minimum absolute atomic E-state index is 0.00131. The Morgan fingerprint density at radius 1 is 0.803 bits per heavy atom. The van der Waals surface area contributed by atoms with Gasteiger partial charge in [-0.3, -0.25) is 24.0 Å². The molecule has 0 unspecified atom stereocenters. The fourth-order valence-electron chi connectivity index (χ4n) is 6.75. The molecule has 61 heavy (non-hydrogen) atoms. The number of nitrogens with two attached hydrogens (primary N) is 1. The molecule has 1 saturated heterocycles. The number of carbonyl (C=O) groups is 7. The van der Waals surface area contributed by atoms with E-state index in [0.717, 1.165) is 67.0 Å². The summed E-state index contributed by atoms with van der Waals surface area (Å²) in [6.07, 6.45) is 7.98. The smallest absolute Gasteiger partial charge is 0.407 e. The van der Waals surface area contributed by atoms with E-state index in [1.165, 1.54) is 18.9 Å². The Balaban J connectivity index is 1.09. The summed E-state index contributed by atoms with van der Waals surface area (Å²) in [6, 6.07) is 13.3. The molecule has 16 heteroatoms. The van der Waals surface area contributed by atoms with Crippen molar-refractivity contribution in [3.63, 3.8) is 0 Å². The molecule has 1 aromatic heterocycles. The monoisotopic (exact) mass is 843 g/mol. The molecule has 16 nitrogen and oxygen atoms in total. The van der Waals surface area contributed by atoms with Gasteiger partial charge in [-0.2, -0.15) is 0 Å². The normalized spacial score (nSPS) is 13.5. The van der Waals surface area contributed by atoms with Crippen molar-refractivity contribution < 1.29 is 43.1 Å². The van der Waals surface area contributed by atoms with Gasteiger partial charge in [-0.25, -0.2) is 14.6 Å². The zero-order valence-corrected chi connectivity index (χ0v) is 35.8. The molecule has 330 valence electrons. The summed E-state index contributed by atoms with van der Waals surface area (Å²) in [4.78, 5) is 95.6. The maximum absolute atomic E-state index is 13.1. The van der Waals surface area contributed by atoms with Crippen LogP contribution in [0.2, 0.25) is 0 Å². The highest BCUT2D eigenvalue weighted by molar-refractivity contribution is 6.01. The lowest BCUT2D eigenvalue weighted by atomic mass is 9.99. The van der Waals surface area contributed by atoms with E-state index in [0.29, 0.717) is 29.5 Å². The Kier molecular flexibility index (Phi) is 18.9. The summed E-state index contributed by atoms with van der Waals surface area (Å²) >= 11 is 0. The van der Waals surface area contributed by atoms with E-state index in [2.05, 4.69) is 45.3 Å². The maximum Gasteiger partial charge on any atom is 0.407 e. The molecule has 0 spiro atoms. The van der Waals surface area contributed by atoms with E-state index in [1.54, 1.807) is 38.1 Å². The average molecular weight is 844 g/mol. The number of anilines is 2. The van der Waals surface area contributed by atoms with Gasteiger partial charge in [0.15, 0.2) is 0 Å². The van der Waals surface area contributed by atoms with Gasteiger partial charge in [0.25, 0.3) is 11.8 Å². The molecule has 1 aliphatic rings. The number of carbonyl (C=O) groups excluding carboxylic acids is 7. The third-order valence-corrected chi connectivity index (χ3v) is 10.3. The lowest BCUT2D eigenvalue weighted by Gasteiger charge is -2.24. The number of hydrogen-bond acceptors (Lipinski definition) is 11. The Morgan fingerprint density at radius 2 is 1.49 bits per heavy atom. The molecule has 1 fully saturated rings. The minimum atomic E-state index is -0.929. The first-order chi connectivity index (χ1) is 29.2. The molecule has 0 saturated carbocycles. The number of pyridine rings is 1. The number of amides is 6. The number of fused-ring (bicyclic) bond motifs is 1. The summed E-state index contributed by atoms with van der Waals surface area (Å²) in [7, 11) is 0. The van der Waals surface area contributed by atoms with Crippen molar-refractivity contribution in [3.8, 4) is 0 Å². The molecule has 2 aromatic carbocycles. The number of unbranched alkanes of at least 4 members (excludes halogenated alkanes) is 5. The highest BCUT2D eigenvalue weighted by Crippen LogP contribution is 2.25. The third kappa shape index (κ3) is 15.5. The molecule has 2 atom stereocenters. The van der Waals surface area contributed by atoms with Crippen molar-refractivity contribution in [1.82, 2.24) is 26.0 Å². The second-order valence-corrected chi connectivity index (χ2v) is 15.7. The maximum atomic E-state index is 13.1. The summed E-state index contributed by atoms with van der Waals surface area (Å²) in [5.74, 6) is -2.97. The van der Waals surface area contributed by atoms with Gasteiger partial charge >= 0.3 is 12.1 Å². The van der Waals surface area contributed by atoms with Gasteiger partial charge in [0.05, 0.1) is 5.52 Å². The number of imide groups is 1. The van der Waals surface area contributed by atoms with Crippen molar-refractivity contribution in [2.75, 3.05) is 17.6 Å². The number of alkyl carbamates (subject to hydrolysis) is 1. The van der Waals surface area contributed by atoms with E-state index in [4.69, 9.17) is 15.3 Å². The molecule has 0 radical (unpaired) electrons. The quantitative estimate of drug-likeness (QED) is 0.0524. The zero-order chi connectivity index (χ0) is 44.3. The Bertz CT molecular complexity index is 1990. The Hall–Kier alpha value is -6.06. The number of nitrogens with zero attached hydrogens (tertiary/aromatic N) is 2. The van der Waals surface area contributed by atoms with Gasteiger partial charge in [-0.15, -0.1) is 5.06 Å². The van der Waals surface area contributed by atoms with Crippen molar-refractivity contribution in [2.24, 2.45) is 5.92 Å². The van der Waals surface area contributed by atoms with Crippen LogP contribution in [0.25, 0.3) is 10.9 Å². The number of hydrogen-bond donors (Lipinski definition) is 5. The fraction of sp³-hybridized carbons (Fsp3) is 0.511. The standard InChI is InChI=1S/C45H61N7O9/c1-5-6-8-15-33-27-35-32(16-13-17-36(35)50-42(33)46)14-9-7-12-26-47-45(59)60-28-31-20-22-34(23-21-31)49-43(57)30(4)48-44(58)41(29(2)3)51-37(53)18-10-11-19-40(56)61-52-38(54)24-25-39(52)55/h13,16-17,20-23,27,29-30,41H,5-12,14-15,18-19,24-26,28H2,1-4H3,(H2,46,50)(H,47,59)(H,48,58)(H,49,57)(H,51,53)/t30-,41-/m0/s1. The first-order valence-corrected chi connectivity index (χ1v) is 21.4. The fourth-order valence-corrected chi connectivity index (χ4v) is 6.75. The molecule has 3 aromatic rings. The number of nitrogens with one attached hydrogen (secondary N) is 4. The first kappa shape index (κ1) is 47.6. The van der Waals surface area contributed by atoms with Crippen LogP contribution < -0.4 is 27.0 Å². The molecule has 0 aliphatic carbocycles. The zero-order valence-electron chi connectivity index (χ0n) is 35.8. The molecule has 2 heterocycles. The van der Waals surface area contributed by atoms with Gasteiger partial charge in [0.2, 0.25) is 17.7 Å². The molecule has 4 rings (SSSR count). The van der Waals surface area contributed by atoms with Crippen LogP contribution >= 0.6 is 0 Å². The van der Waals surface area contributed by atoms with E-state index in [9.17, 15) is 33.6 Å². The van der Waals surface area contributed by atoms with Crippen LogP contribution in [-0.2, 0) is 57.8 Å². The molecular formula is C45H61N7O9. The number of ether oxygens (including phenoxy) is 1. The van der Waals surface area contributed by atoms with Crippen LogP contribution in [0.4, 0.5) is 16.3 Å². The summed E-state index contributed by atoms with van der Waals surface area (Å²) < 4.78 is 5.37. The first-order valence-electron chi connectivity index (χ1n) is 21.4. The summed E-state index contributed by atoms with van der Waals surface area (Å²) in [6.45, 7) is 7.77. The van der Waals surface area contributed by atoms with Crippen LogP contribution in [0.1, 0.15) is 121 Å². The van der Waals surface area contributed by atoms with E-state index >= 15 is 0 Å². The third-order valence-electron chi connectivity index (χ3n) is 10.3. The van der Waals surface area contributed by atoms with Gasteiger partial charge in [-0.1, -0.05) is 64.3 Å². The summed E-state index contributed by atoms with van der Waals surface area (Å²) in [5, 5.41) is 12.5. The largest absolute Gasteiger partial charge is 0.445 e. The van der Waals surface area contributed by atoms with Crippen molar-refractivity contribution in [1.29, 1.82) is 0 Å². The van der Waals surface area contributed by atoms with Gasteiger partial charge in [-0.05, 0) is 98.7 Å². The van der Waals surface area contributed by atoms with E-state index in [-0.39, 0.29) is 44.6 Å². The molecule has 6 N–H and O–H groups in total. The second kappa shape index (κ2) is 24.3. The highest BCUT2D eigenvalue weighted by Gasteiger charge is 2.33. The van der Waals surface area contributed by atoms with Gasteiger partial charge < -0.3 is 36.6 Å². The van der Waals surface area contributed by atoms with Crippen molar-refractivity contribution >= 4 is 64.0 Å². The van der Waals surface area contributed by atoms with Gasteiger partial charge in [0, 0.05) is 43.3 Å². The number of aryl methyl sites for hydroxylation is 2. The Morgan fingerprint density at radius 3 is 2.20 bits per heavy atom. The van der Waals surface area contributed by atoms with Crippen molar-refractivity contribution in [2.45, 2.75) is 136 Å². The number of hydroxylamine groups is 2. The minimum Gasteiger partial charge on any atom is -0.445 e. The highest BCUT2D eigenvalue weighted by atomic mass is 16.7. The summed E-state index contributed by atoms with van der Waals surface area (Å²) in [5.41, 5.74) is 10.7. The van der Waals surface area contributed by atoms with Crippen molar-refractivity contribution in [3.05, 3.63) is 65.2 Å². The molecule has 6 amide bonds. The molecule has 1 aliphatic heterocycles. The number of aromatic nitrogens is 1. The predicted octanol–water partition coefficient (Wildman–Crippen LogP) is 5.94. The molecule has 0 bridgehead atoms. The topological polar surface area (TPSA) is 228 Å². The van der Waals surface area contributed by atoms with Crippen LogP contribution in [0.5, 0.6) is 0 Å². The van der Waals surface area contributed by atoms with Crippen LogP contribution in [0.3, 0.4) is 0 Å².